The molecule has 1 aromatic carbocycles. The summed E-state index contributed by atoms with van der Waals surface area (Å²) < 4.78 is 1.77. The zero-order valence-corrected chi connectivity index (χ0v) is 16.2. The van der Waals surface area contributed by atoms with Gasteiger partial charge >= 0.3 is 0 Å². The topological polar surface area (TPSA) is 47.8 Å². The van der Waals surface area contributed by atoms with Crippen molar-refractivity contribution >= 4 is 33.3 Å². The summed E-state index contributed by atoms with van der Waals surface area (Å²) >= 11 is 3.16. The van der Waals surface area contributed by atoms with Crippen LogP contribution in [0.2, 0.25) is 0 Å². The fourth-order valence-electron chi connectivity index (χ4n) is 3.22. The Morgan fingerprint density at radius 2 is 2.00 bits per heavy atom. The number of thioether (sulfide) groups is 1. The van der Waals surface area contributed by atoms with Crippen LogP contribution in [-0.4, -0.2) is 14.5 Å². The molecule has 1 aliphatic carbocycles. The maximum atomic E-state index is 13.5. The number of para-hydroxylation sites is 1. The van der Waals surface area contributed by atoms with Crippen LogP contribution < -0.4 is 5.56 Å². The standard InChI is InChI=1S/C21H17N3OS2/c25-20-18-17(15-8-9-15)13-26-19(18)23-21(24(20)16-6-2-1-3-7-16)27-12-14-5-4-10-22-11-14/h1-7,10-11,13,15H,8-9,12H2. The first-order valence-corrected chi connectivity index (χ1v) is 10.8. The van der Waals surface area contributed by atoms with Crippen molar-refractivity contribution in [2.45, 2.75) is 29.7 Å². The fourth-order valence-corrected chi connectivity index (χ4v) is 5.23. The molecule has 6 heteroatoms. The van der Waals surface area contributed by atoms with Crippen molar-refractivity contribution < 1.29 is 0 Å². The molecule has 0 amide bonds. The highest BCUT2D eigenvalue weighted by atomic mass is 32.2. The molecule has 134 valence electrons. The predicted octanol–water partition coefficient (Wildman–Crippen LogP) is 5.01. The van der Waals surface area contributed by atoms with Gasteiger partial charge in [-0.1, -0.05) is 36.0 Å². The van der Waals surface area contributed by atoms with Crippen LogP contribution in [0.5, 0.6) is 0 Å². The number of fused-ring (bicyclic) bond motifs is 1. The van der Waals surface area contributed by atoms with Crippen molar-refractivity contribution in [3.63, 3.8) is 0 Å². The number of hydrogen-bond acceptors (Lipinski definition) is 5. The van der Waals surface area contributed by atoms with Gasteiger partial charge in [0, 0.05) is 18.1 Å². The van der Waals surface area contributed by atoms with E-state index in [0.29, 0.717) is 5.92 Å². The van der Waals surface area contributed by atoms with Gasteiger partial charge in [-0.25, -0.2) is 4.98 Å². The molecule has 1 fully saturated rings. The van der Waals surface area contributed by atoms with E-state index in [0.717, 1.165) is 32.4 Å². The van der Waals surface area contributed by atoms with Crippen molar-refractivity contribution in [3.8, 4) is 5.69 Å². The Morgan fingerprint density at radius 1 is 1.15 bits per heavy atom. The third kappa shape index (κ3) is 3.19. The average Bonchev–Trinajstić information content (AvgIpc) is 3.47. The number of thiophene rings is 1. The minimum absolute atomic E-state index is 0.0445. The summed E-state index contributed by atoms with van der Waals surface area (Å²) in [6.07, 6.45) is 5.97. The number of aromatic nitrogens is 3. The molecule has 4 aromatic rings. The lowest BCUT2D eigenvalue weighted by atomic mass is 10.1. The highest BCUT2D eigenvalue weighted by Crippen LogP contribution is 2.44. The molecule has 3 aromatic heterocycles. The zero-order chi connectivity index (χ0) is 18.2. The highest BCUT2D eigenvalue weighted by molar-refractivity contribution is 7.98. The van der Waals surface area contributed by atoms with Gasteiger partial charge in [-0.15, -0.1) is 11.3 Å². The maximum absolute atomic E-state index is 13.5. The second kappa shape index (κ2) is 6.94. The van der Waals surface area contributed by atoms with Crippen LogP contribution in [0.25, 0.3) is 15.9 Å². The lowest BCUT2D eigenvalue weighted by Gasteiger charge is -2.12. The average molecular weight is 392 g/mol. The van der Waals surface area contributed by atoms with E-state index in [9.17, 15) is 4.79 Å². The van der Waals surface area contributed by atoms with Crippen LogP contribution in [0, 0.1) is 0 Å². The van der Waals surface area contributed by atoms with Crippen LogP contribution in [-0.2, 0) is 5.75 Å². The molecule has 0 radical (unpaired) electrons. The van der Waals surface area contributed by atoms with E-state index in [1.54, 1.807) is 33.9 Å². The van der Waals surface area contributed by atoms with Crippen LogP contribution in [0.3, 0.4) is 0 Å². The predicted molar refractivity (Wildman–Crippen MR) is 111 cm³/mol. The van der Waals surface area contributed by atoms with E-state index in [1.807, 2.05) is 48.7 Å². The third-order valence-corrected chi connectivity index (χ3v) is 6.63. The van der Waals surface area contributed by atoms with E-state index in [-0.39, 0.29) is 5.56 Å². The highest BCUT2D eigenvalue weighted by Gasteiger charge is 2.29. The van der Waals surface area contributed by atoms with Gasteiger partial charge in [0.1, 0.15) is 4.83 Å². The van der Waals surface area contributed by atoms with Gasteiger partial charge in [0.25, 0.3) is 5.56 Å². The smallest absolute Gasteiger partial charge is 0.267 e. The van der Waals surface area contributed by atoms with Crippen molar-refractivity contribution in [3.05, 3.63) is 81.7 Å². The van der Waals surface area contributed by atoms with Gasteiger partial charge < -0.3 is 0 Å². The van der Waals surface area contributed by atoms with Gasteiger partial charge in [0.2, 0.25) is 0 Å². The number of hydrogen-bond donors (Lipinski definition) is 0. The summed E-state index contributed by atoms with van der Waals surface area (Å²) in [7, 11) is 0. The first-order valence-electron chi connectivity index (χ1n) is 8.92. The first-order chi connectivity index (χ1) is 13.3. The molecule has 4 nitrogen and oxygen atoms in total. The molecule has 27 heavy (non-hydrogen) atoms. The molecule has 0 unspecified atom stereocenters. The van der Waals surface area contributed by atoms with Gasteiger partial charge in [-0.2, -0.15) is 0 Å². The number of benzene rings is 1. The second-order valence-corrected chi connectivity index (χ2v) is 8.47. The Bertz CT molecular complexity index is 1150. The summed E-state index contributed by atoms with van der Waals surface area (Å²) in [6, 6.07) is 13.8. The lowest BCUT2D eigenvalue weighted by Crippen LogP contribution is -2.21. The van der Waals surface area contributed by atoms with Crippen molar-refractivity contribution in [1.29, 1.82) is 0 Å². The molecular weight excluding hydrogens is 374 g/mol. The molecule has 5 rings (SSSR count). The van der Waals surface area contributed by atoms with E-state index >= 15 is 0 Å². The molecule has 3 heterocycles. The number of rotatable bonds is 5. The molecule has 1 aliphatic rings. The minimum Gasteiger partial charge on any atom is -0.268 e. The van der Waals surface area contributed by atoms with E-state index in [2.05, 4.69) is 10.4 Å². The lowest BCUT2D eigenvalue weighted by molar-refractivity contribution is 0.821. The maximum Gasteiger partial charge on any atom is 0.267 e. The van der Waals surface area contributed by atoms with Crippen molar-refractivity contribution in [2.75, 3.05) is 0 Å². The van der Waals surface area contributed by atoms with Gasteiger partial charge in [0.05, 0.1) is 11.1 Å². The summed E-state index contributed by atoms with van der Waals surface area (Å²) in [5.74, 6) is 1.26. The van der Waals surface area contributed by atoms with E-state index < -0.39 is 0 Å². The number of nitrogens with zero attached hydrogens (tertiary/aromatic N) is 3. The summed E-state index contributed by atoms with van der Waals surface area (Å²) in [5, 5.41) is 3.66. The summed E-state index contributed by atoms with van der Waals surface area (Å²) in [4.78, 5) is 23.4. The quantitative estimate of drug-likeness (QED) is 0.354. The molecule has 0 aliphatic heterocycles. The van der Waals surface area contributed by atoms with Gasteiger partial charge in [-0.05, 0) is 53.5 Å². The molecular formula is C21H17N3OS2. The zero-order valence-electron chi connectivity index (χ0n) is 14.5. The monoisotopic (exact) mass is 391 g/mol. The van der Waals surface area contributed by atoms with Crippen LogP contribution in [0.4, 0.5) is 0 Å². The van der Waals surface area contributed by atoms with Gasteiger partial charge in [0.15, 0.2) is 5.16 Å². The molecule has 0 atom stereocenters. The molecule has 0 bridgehead atoms. The summed E-state index contributed by atoms with van der Waals surface area (Å²) in [5.41, 5.74) is 3.20. The van der Waals surface area contributed by atoms with E-state index in [1.165, 1.54) is 18.4 Å². The van der Waals surface area contributed by atoms with Crippen molar-refractivity contribution in [2.24, 2.45) is 0 Å². The minimum atomic E-state index is 0.0445. The Morgan fingerprint density at radius 3 is 2.74 bits per heavy atom. The largest absolute Gasteiger partial charge is 0.268 e. The van der Waals surface area contributed by atoms with Crippen molar-refractivity contribution in [1.82, 2.24) is 14.5 Å². The molecule has 0 saturated heterocycles. The van der Waals surface area contributed by atoms with Crippen LogP contribution in [0.15, 0.2) is 70.2 Å². The Hall–Kier alpha value is -2.44. The van der Waals surface area contributed by atoms with E-state index in [4.69, 9.17) is 4.98 Å². The molecule has 0 spiro atoms. The second-order valence-electron chi connectivity index (χ2n) is 6.67. The molecule has 0 N–H and O–H groups in total. The SMILES string of the molecule is O=c1c2c(C3CC3)csc2nc(SCc2cccnc2)n1-c1ccccc1. The Labute approximate surface area is 164 Å². The van der Waals surface area contributed by atoms with Gasteiger partial charge in [-0.3, -0.25) is 14.3 Å². The van der Waals surface area contributed by atoms with Crippen LogP contribution in [0.1, 0.15) is 29.9 Å². The first kappa shape index (κ1) is 16.7. The Balaban J connectivity index is 1.65. The summed E-state index contributed by atoms with van der Waals surface area (Å²) in [6.45, 7) is 0. The third-order valence-electron chi connectivity index (χ3n) is 4.73. The molecule has 1 saturated carbocycles. The number of pyridine rings is 1. The Kier molecular flexibility index (Phi) is 4.30. The normalized spacial score (nSPS) is 13.9. The van der Waals surface area contributed by atoms with Crippen LogP contribution >= 0.6 is 23.1 Å². The fraction of sp³-hybridized carbons (Fsp3) is 0.190.